The van der Waals surface area contributed by atoms with E-state index in [1.807, 2.05) is 0 Å². The van der Waals surface area contributed by atoms with Crippen LogP contribution in [0.2, 0.25) is 0 Å². The Hall–Kier alpha value is -4.56. The molecule has 0 spiro atoms. The minimum atomic E-state index is 0.170. The van der Waals surface area contributed by atoms with Crippen LogP contribution in [0.15, 0.2) is 109 Å². The number of benzene rings is 6. The lowest BCUT2D eigenvalue weighted by molar-refractivity contribution is 1.13. The van der Waals surface area contributed by atoms with Crippen LogP contribution >= 0.6 is 0 Å². The Morgan fingerprint density at radius 3 is 1.30 bits per heavy atom. The third kappa shape index (κ3) is 5.46. The zero-order valence-electron chi connectivity index (χ0n) is 27.4. The molecule has 0 saturated carbocycles. The van der Waals surface area contributed by atoms with Crippen molar-refractivity contribution in [1.29, 1.82) is 0 Å². The molecule has 0 atom stereocenters. The van der Waals surface area contributed by atoms with E-state index in [9.17, 15) is 0 Å². The Labute approximate surface area is 264 Å². The van der Waals surface area contributed by atoms with Gasteiger partial charge in [-0.25, -0.2) is 0 Å². The second-order valence-corrected chi connectivity index (χ2v) is 12.8. The van der Waals surface area contributed by atoms with E-state index in [1.54, 1.807) is 0 Å². The van der Waals surface area contributed by atoms with Crippen molar-refractivity contribution in [2.75, 3.05) is 19.0 Å². The molecular weight excluding hydrogens is 529 g/mol. The van der Waals surface area contributed by atoms with Crippen LogP contribution in [0.1, 0.15) is 33.4 Å². The zero-order chi connectivity index (χ0) is 31.1. The second kappa shape index (κ2) is 11.9. The standard InChI is InChI=1S/C42H42BN/c1-27-23-29(3)41(30(4)24-27)43(42-31(5)25-28(2)26-32(42)6)36-19-15-33(16-20-36)38-13-9-11-35-12-10-14-39(40(35)38)34-17-21-37(22-18-34)44(7)8/h9-26H,1-8H3. The van der Waals surface area contributed by atoms with Crippen molar-refractivity contribution in [3.63, 3.8) is 0 Å². The van der Waals surface area contributed by atoms with E-state index in [1.165, 1.54) is 88.5 Å². The average molecular weight is 572 g/mol. The Kier molecular flexibility index (Phi) is 7.95. The largest absolute Gasteiger partial charge is 0.378 e. The smallest absolute Gasteiger partial charge is 0.242 e. The minimum absolute atomic E-state index is 0.170. The van der Waals surface area contributed by atoms with Gasteiger partial charge >= 0.3 is 0 Å². The predicted molar refractivity (Wildman–Crippen MR) is 195 cm³/mol. The van der Waals surface area contributed by atoms with Crippen LogP contribution in [0.25, 0.3) is 33.0 Å². The molecule has 0 aromatic heterocycles. The summed E-state index contributed by atoms with van der Waals surface area (Å²) in [5, 5.41) is 2.56. The second-order valence-electron chi connectivity index (χ2n) is 12.8. The summed E-state index contributed by atoms with van der Waals surface area (Å²) in [5.74, 6) is 0. The number of nitrogens with zero attached hydrogens (tertiary/aromatic N) is 1. The van der Waals surface area contributed by atoms with E-state index in [2.05, 4.69) is 170 Å². The Balaban J connectivity index is 1.51. The average Bonchev–Trinajstić information content (AvgIpc) is 2.99. The normalized spacial score (nSPS) is 11.2. The molecule has 6 rings (SSSR count). The van der Waals surface area contributed by atoms with E-state index < -0.39 is 0 Å². The van der Waals surface area contributed by atoms with Gasteiger partial charge in [0.1, 0.15) is 0 Å². The lowest BCUT2D eigenvalue weighted by Gasteiger charge is -2.25. The van der Waals surface area contributed by atoms with Gasteiger partial charge < -0.3 is 4.90 Å². The Morgan fingerprint density at radius 1 is 0.477 bits per heavy atom. The molecule has 218 valence electrons. The molecule has 0 heterocycles. The number of fused-ring (bicyclic) bond motifs is 1. The van der Waals surface area contributed by atoms with Crippen LogP contribution in [0.4, 0.5) is 5.69 Å². The van der Waals surface area contributed by atoms with Gasteiger partial charge in [-0.1, -0.05) is 147 Å². The van der Waals surface area contributed by atoms with Crippen molar-refractivity contribution < 1.29 is 0 Å². The van der Waals surface area contributed by atoms with Gasteiger partial charge in [0.15, 0.2) is 0 Å². The third-order valence-electron chi connectivity index (χ3n) is 9.21. The molecule has 0 amide bonds. The maximum Gasteiger partial charge on any atom is 0.242 e. The van der Waals surface area contributed by atoms with Crippen molar-refractivity contribution in [2.45, 2.75) is 41.5 Å². The highest BCUT2D eigenvalue weighted by Crippen LogP contribution is 2.37. The van der Waals surface area contributed by atoms with Gasteiger partial charge in [-0.3, -0.25) is 0 Å². The number of hydrogen-bond acceptors (Lipinski definition) is 1. The molecule has 0 aliphatic heterocycles. The Bertz CT molecular complexity index is 1870. The first kappa shape index (κ1) is 29.5. The first-order valence-electron chi connectivity index (χ1n) is 15.7. The molecule has 0 fully saturated rings. The SMILES string of the molecule is Cc1cc(C)c(B(c2ccc(-c3cccc4cccc(-c5ccc(N(C)C)cc5)c34)cc2)c2c(C)cc(C)cc2C)c(C)c1. The highest BCUT2D eigenvalue weighted by molar-refractivity contribution is 6.96. The minimum Gasteiger partial charge on any atom is -0.378 e. The number of hydrogen-bond donors (Lipinski definition) is 0. The van der Waals surface area contributed by atoms with Gasteiger partial charge in [0, 0.05) is 19.8 Å². The first-order chi connectivity index (χ1) is 21.1. The fourth-order valence-electron chi connectivity index (χ4n) is 7.39. The Morgan fingerprint density at radius 2 is 0.886 bits per heavy atom. The molecule has 0 radical (unpaired) electrons. The lowest BCUT2D eigenvalue weighted by Crippen LogP contribution is -2.55. The highest BCUT2D eigenvalue weighted by Gasteiger charge is 2.28. The molecule has 0 aliphatic carbocycles. The lowest BCUT2D eigenvalue weighted by atomic mass is 9.34. The summed E-state index contributed by atoms with van der Waals surface area (Å²) < 4.78 is 0. The maximum atomic E-state index is 2.37. The van der Waals surface area contributed by atoms with E-state index in [-0.39, 0.29) is 6.71 Å². The number of aryl methyl sites for hydroxylation is 6. The van der Waals surface area contributed by atoms with E-state index in [4.69, 9.17) is 0 Å². The van der Waals surface area contributed by atoms with E-state index >= 15 is 0 Å². The van der Waals surface area contributed by atoms with Crippen molar-refractivity contribution in [1.82, 2.24) is 0 Å². The van der Waals surface area contributed by atoms with Gasteiger partial charge in [-0.05, 0) is 86.7 Å². The van der Waals surface area contributed by atoms with Crippen LogP contribution < -0.4 is 21.3 Å². The summed E-state index contributed by atoms with van der Waals surface area (Å²) in [4.78, 5) is 2.15. The summed E-state index contributed by atoms with van der Waals surface area (Å²) >= 11 is 0. The van der Waals surface area contributed by atoms with Crippen LogP contribution in [0, 0.1) is 41.5 Å². The summed E-state index contributed by atoms with van der Waals surface area (Å²) in [7, 11) is 4.17. The van der Waals surface area contributed by atoms with Crippen molar-refractivity contribution in [2.24, 2.45) is 0 Å². The third-order valence-corrected chi connectivity index (χ3v) is 9.21. The van der Waals surface area contributed by atoms with Crippen LogP contribution in [-0.2, 0) is 0 Å². The molecular formula is C42H42BN. The monoisotopic (exact) mass is 571 g/mol. The first-order valence-corrected chi connectivity index (χ1v) is 15.7. The molecule has 6 aromatic rings. The van der Waals surface area contributed by atoms with Crippen molar-refractivity contribution >= 4 is 39.6 Å². The summed E-state index contributed by atoms with van der Waals surface area (Å²) in [5.41, 5.74) is 18.5. The summed E-state index contributed by atoms with van der Waals surface area (Å²) in [6.45, 7) is 13.7. The highest BCUT2D eigenvalue weighted by atomic mass is 15.1. The fourth-order valence-corrected chi connectivity index (χ4v) is 7.39. The van der Waals surface area contributed by atoms with Crippen molar-refractivity contribution in [3.8, 4) is 22.3 Å². The molecule has 44 heavy (non-hydrogen) atoms. The van der Waals surface area contributed by atoms with Crippen molar-refractivity contribution in [3.05, 3.63) is 143 Å². The quantitative estimate of drug-likeness (QED) is 0.181. The molecule has 0 saturated heterocycles. The van der Waals surface area contributed by atoms with Crippen LogP contribution in [0.5, 0.6) is 0 Å². The molecule has 0 unspecified atom stereocenters. The van der Waals surface area contributed by atoms with Gasteiger partial charge in [0.05, 0.1) is 0 Å². The molecule has 0 aliphatic rings. The maximum absolute atomic E-state index is 2.37. The van der Waals surface area contributed by atoms with E-state index in [0.717, 1.165) is 0 Å². The van der Waals surface area contributed by atoms with Crippen LogP contribution in [-0.4, -0.2) is 20.8 Å². The van der Waals surface area contributed by atoms with Crippen LogP contribution in [0.3, 0.4) is 0 Å². The summed E-state index contributed by atoms with van der Waals surface area (Å²) in [6, 6.07) is 41.0. The molecule has 0 N–H and O–H groups in total. The van der Waals surface area contributed by atoms with Gasteiger partial charge in [0.2, 0.25) is 6.71 Å². The molecule has 0 bridgehead atoms. The number of rotatable bonds is 6. The fraction of sp³-hybridized carbons (Fsp3) is 0.190. The van der Waals surface area contributed by atoms with Gasteiger partial charge in [-0.15, -0.1) is 0 Å². The molecule has 6 aromatic carbocycles. The van der Waals surface area contributed by atoms with Gasteiger partial charge in [-0.2, -0.15) is 0 Å². The zero-order valence-corrected chi connectivity index (χ0v) is 27.4. The summed E-state index contributed by atoms with van der Waals surface area (Å²) in [6.07, 6.45) is 0. The predicted octanol–water partition coefficient (Wildman–Crippen LogP) is 8.61. The van der Waals surface area contributed by atoms with Gasteiger partial charge in [0.25, 0.3) is 0 Å². The molecule has 2 heteroatoms. The molecule has 1 nitrogen and oxygen atoms in total. The van der Waals surface area contributed by atoms with E-state index in [0.29, 0.717) is 0 Å². The number of anilines is 1. The topological polar surface area (TPSA) is 3.24 Å².